The molecule has 0 unspecified atom stereocenters. The minimum Gasteiger partial charge on any atom is -0.423 e. The van der Waals surface area contributed by atoms with Crippen molar-refractivity contribution in [3.05, 3.63) is 139 Å². The molecule has 0 bridgehead atoms. The summed E-state index contributed by atoms with van der Waals surface area (Å²) in [5.41, 5.74) is 6.16. The summed E-state index contributed by atoms with van der Waals surface area (Å²) in [6.45, 7) is 15.7. The molecule has 0 fully saturated rings. The maximum absolute atomic E-state index is 12.6. The molecule has 4 rings (SSSR count). The lowest BCUT2D eigenvalue weighted by atomic mass is 9.96. The van der Waals surface area contributed by atoms with Crippen LogP contribution in [0.25, 0.3) is 22.3 Å². The predicted octanol–water partition coefficient (Wildman–Crippen LogP) is 7.78. The van der Waals surface area contributed by atoms with Crippen molar-refractivity contribution in [2.24, 2.45) is 0 Å². The molecule has 0 saturated carbocycles. The van der Waals surface area contributed by atoms with Gasteiger partial charge >= 0.3 is 17.9 Å². The van der Waals surface area contributed by atoms with Crippen LogP contribution in [0.2, 0.25) is 0 Å². The standard InChI is InChI=1S/C38H30O6/c1-7-35(39)42-32-19-9-27(10-20-32)8-11-28-18-23-34(36(26(28)6)44-38(41)25(4)5)31-14-12-29(13-15-31)30-16-21-33(22-17-30)43-37(40)24(2)3/h7,9-10,12-23H,1-2,4H2,3,5-6H3. The maximum atomic E-state index is 12.6. The molecule has 4 aromatic rings. The molecule has 0 aliphatic carbocycles. The van der Waals surface area contributed by atoms with Crippen LogP contribution in [0.3, 0.4) is 0 Å². The van der Waals surface area contributed by atoms with Crippen molar-refractivity contribution in [2.75, 3.05) is 0 Å². The molecule has 0 heterocycles. The van der Waals surface area contributed by atoms with E-state index in [2.05, 4.69) is 31.6 Å². The number of esters is 3. The first-order valence-corrected chi connectivity index (χ1v) is 13.6. The van der Waals surface area contributed by atoms with E-state index in [4.69, 9.17) is 14.2 Å². The van der Waals surface area contributed by atoms with E-state index in [-0.39, 0.29) is 5.57 Å². The van der Waals surface area contributed by atoms with Crippen molar-refractivity contribution in [3.63, 3.8) is 0 Å². The molecule has 0 N–H and O–H groups in total. The number of carbonyl (C=O) groups excluding carboxylic acids is 3. The van der Waals surface area contributed by atoms with E-state index in [0.29, 0.717) is 39.5 Å². The van der Waals surface area contributed by atoms with Crippen LogP contribution in [-0.2, 0) is 14.4 Å². The smallest absolute Gasteiger partial charge is 0.338 e. The molecular formula is C38H30O6. The molecule has 0 amide bonds. The van der Waals surface area contributed by atoms with Gasteiger partial charge in [-0.1, -0.05) is 68.0 Å². The van der Waals surface area contributed by atoms with Crippen LogP contribution in [0.15, 0.2) is 122 Å². The Kier molecular flexibility index (Phi) is 9.74. The van der Waals surface area contributed by atoms with Crippen molar-refractivity contribution in [1.29, 1.82) is 0 Å². The molecule has 6 nitrogen and oxygen atoms in total. The Hall–Kier alpha value is -5.93. The third kappa shape index (κ3) is 7.67. The van der Waals surface area contributed by atoms with Gasteiger partial charge in [-0.25, -0.2) is 14.4 Å². The Labute approximate surface area is 256 Å². The first kappa shape index (κ1) is 31.0. The zero-order chi connectivity index (χ0) is 31.8. The second-order valence-corrected chi connectivity index (χ2v) is 9.96. The zero-order valence-corrected chi connectivity index (χ0v) is 24.7. The topological polar surface area (TPSA) is 78.9 Å². The van der Waals surface area contributed by atoms with Gasteiger partial charge < -0.3 is 14.2 Å². The fourth-order valence-corrected chi connectivity index (χ4v) is 4.02. The number of carbonyl (C=O) groups is 3. The highest BCUT2D eigenvalue weighted by molar-refractivity contribution is 5.91. The molecule has 0 radical (unpaired) electrons. The minimum absolute atomic E-state index is 0.275. The summed E-state index contributed by atoms with van der Waals surface area (Å²) >= 11 is 0. The van der Waals surface area contributed by atoms with Gasteiger partial charge in [-0.3, -0.25) is 0 Å². The average Bonchev–Trinajstić information content (AvgIpc) is 3.02. The molecule has 4 aromatic carbocycles. The van der Waals surface area contributed by atoms with Crippen molar-refractivity contribution >= 4 is 17.9 Å². The molecule has 44 heavy (non-hydrogen) atoms. The van der Waals surface area contributed by atoms with Crippen molar-refractivity contribution in [2.45, 2.75) is 20.8 Å². The van der Waals surface area contributed by atoms with E-state index >= 15 is 0 Å². The predicted molar refractivity (Wildman–Crippen MR) is 171 cm³/mol. The SMILES string of the molecule is C=CC(=O)Oc1ccc(C#Cc2ccc(-c3ccc(-c4ccc(OC(=O)C(=C)C)cc4)cc3)c(OC(=O)C(=C)C)c2C)cc1. The summed E-state index contributed by atoms with van der Waals surface area (Å²) in [4.78, 5) is 35.8. The molecular weight excluding hydrogens is 552 g/mol. The molecule has 0 atom stereocenters. The number of hydrogen-bond acceptors (Lipinski definition) is 6. The lowest BCUT2D eigenvalue weighted by Gasteiger charge is -2.15. The highest BCUT2D eigenvalue weighted by atomic mass is 16.5. The molecule has 0 aliphatic rings. The van der Waals surface area contributed by atoms with Gasteiger partial charge in [-0.05, 0) is 86.0 Å². The third-order valence-electron chi connectivity index (χ3n) is 6.47. The molecule has 0 spiro atoms. The van der Waals surface area contributed by atoms with Gasteiger partial charge in [-0.2, -0.15) is 0 Å². The van der Waals surface area contributed by atoms with Crippen molar-refractivity contribution < 1.29 is 28.6 Å². The van der Waals surface area contributed by atoms with E-state index < -0.39 is 17.9 Å². The number of rotatable bonds is 8. The van der Waals surface area contributed by atoms with Crippen LogP contribution in [0, 0.1) is 18.8 Å². The third-order valence-corrected chi connectivity index (χ3v) is 6.47. The van der Waals surface area contributed by atoms with Crippen LogP contribution < -0.4 is 14.2 Å². The molecule has 0 aromatic heterocycles. The Balaban J connectivity index is 1.62. The van der Waals surface area contributed by atoms with E-state index in [1.54, 1.807) is 50.2 Å². The monoisotopic (exact) mass is 582 g/mol. The van der Waals surface area contributed by atoms with Gasteiger partial charge in [-0.15, -0.1) is 0 Å². The van der Waals surface area contributed by atoms with Crippen molar-refractivity contribution in [3.8, 4) is 51.3 Å². The first-order valence-electron chi connectivity index (χ1n) is 13.6. The van der Waals surface area contributed by atoms with Crippen LogP contribution >= 0.6 is 0 Å². The van der Waals surface area contributed by atoms with Crippen LogP contribution in [0.1, 0.15) is 30.5 Å². The molecule has 6 heteroatoms. The number of benzene rings is 4. The quantitative estimate of drug-likeness (QED) is 0.0914. The largest absolute Gasteiger partial charge is 0.423 e. The first-order chi connectivity index (χ1) is 21.0. The van der Waals surface area contributed by atoms with Gasteiger partial charge in [0.1, 0.15) is 17.2 Å². The normalized spacial score (nSPS) is 10.1. The Morgan fingerprint density at radius 3 is 1.70 bits per heavy atom. The average molecular weight is 583 g/mol. The van der Waals surface area contributed by atoms with Gasteiger partial charge in [0.15, 0.2) is 0 Å². The van der Waals surface area contributed by atoms with Gasteiger partial charge in [0.05, 0.1) is 0 Å². The van der Waals surface area contributed by atoms with E-state index in [0.717, 1.165) is 28.3 Å². The van der Waals surface area contributed by atoms with Crippen LogP contribution in [0.5, 0.6) is 17.2 Å². The van der Waals surface area contributed by atoms with Crippen molar-refractivity contribution in [1.82, 2.24) is 0 Å². The molecule has 0 saturated heterocycles. The highest BCUT2D eigenvalue weighted by Gasteiger charge is 2.17. The summed E-state index contributed by atoms with van der Waals surface area (Å²) in [5.74, 6) is 5.93. The summed E-state index contributed by atoms with van der Waals surface area (Å²) in [6.07, 6.45) is 1.10. The zero-order valence-electron chi connectivity index (χ0n) is 24.7. The van der Waals surface area contributed by atoms with Crippen LogP contribution in [0.4, 0.5) is 0 Å². The van der Waals surface area contributed by atoms with Crippen LogP contribution in [-0.4, -0.2) is 17.9 Å². The Morgan fingerprint density at radius 2 is 1.14 bits per heavy atom. The van der Waals surface area contributed by atoms with E-state index in [1.807, 2.05) is 55.5 Å². The second-order valence-electron chi connectivity index (χ2n) is 9.96. The van der Waals surface area contributed by atoms with Gasteiger partial charge in [0, 0.05) is 39.5 Å². The number of hydrogen-bond donors (Lipinski definition) is 0. The van der Waals surface area contributed by atoms with Gasteiger partial charge in [0.2, 0.25) is 0 Å². The van der Waals surface area contributed by atoms with E-state index in [9.17, 15) is 14.4 Å². The number of ether oxygens (including phenoxy) is 3. The minimum atomic E-state index is -0.538. The Morgan fingerprint density at radius 1 is 0.636 bits per heavy atom. The lowest BCUT2D eigenvalue weighted by molar-refractivity contribution is -0.130. The fraction of sp³-hybridized carbons (Fsp3) is 0.0789. The summed E-state index contributed by atoms with van der Waals surface area (Å²) in [6, 6.07) is 25.6. The fourth-order valence-electron chi connectivity index (χ4n) is 4.02. The summed E-state index contributed by atoms with van der Waals surface area (Å²) in [7, 11) is 0. The summed E-state index contributed by atoms with van der Waals surface area (Å²) < 4.78 is 16.2. The summed E-state index contributed by atoms with van der Waals surface area (Å²) in [5, 5.41) is 0. The Bertz CT molecular complexity index is 1830. The second kappa shape index (κ2) is 13.8. The maximum Gasteiger partial charge on any atom is 0.338 e. The highest BCUT2D eigenvalue weighted by Crippen LogP contribution is 2.36. The molecule has 0 aliphatic heterocycles. The lowest BCUT2D eigenvalue weighted by Crippen LogP contribution is -2.10. The molecule has 218 valence electrons. The van der Waals surface area contributed by atoms with Gasteiger partial charge in [0.25, 0.3) is 0 Å². The van der Waals surface area contributed by atoms with E-state index in [1.165, 1.54) is 0 Å².